The molecular formula is C21H19ClN2OS. The van der Waals surface area contributed by atoms with Gasteiger partial charge in [-0.05, 0) is 47.7 Å². The summed E-state index contributed by atoms with van der Waals surface area (Å²) >= 11 is 7.73. The van der Waals surface area contributed by atoms with E-state index in [1.165, 1.54) is 16.1 Å². The van der Waals surface area contributed by atoms with Crippen molar-refractivity contribution in [2.24, 2.45) is 0 Å². The van der Waals surface area contributed by atoms with Crippen LogP contribution in [0.15, 0.2) is 66.0 Å². The van der Waals surface area contributed by atoms with E-state index in [0.29, 0.717) is 17.1 Å². The number of anilines is 1. The van der Waals surface area contributed by atoms with Crippen LogP contribution in [0, 0.1) is 0 Å². The predicted molar refractivity (Wildman–Crippen MR) is 108 cm³/mol. The third-order valence-electron chi connectivity index (χ3n) is 4.71. The highest BCUT2D eigenvalue weighted by molar-refractivity contribution is 7.10. The Morgan fingerprint density at radius 1 is 1.15 bits per heavy atom. The predicted octanol–water partition coefficient (Wildman–Crippen LogP) is 4.94. The Balaban J connectivity index is 1.55. The summed E-state index contributed by atoms with van der Waals surface area (Å²) in [6, 6.07) is 19.9. The maximum absolute atomic E-state index is 12.5. The van der Waals surface area contributed by atoms with Gasteiger partial charge in [0.2, 0.25) is 0 Å². The van der Waals surface area contributed by atoms with Gasteiger partial charge >= 0.3 is 0 Å². The molecule has 1 aliphatic heterocycles. The minimum absolute atomic E-state index is 0.0958. The third kappa shape index (κ3) is 3.48. The molecule has 1 aromatic heterocycles. The molecular weight excluding hydrogens is 364 g/mol. The first-order valence-electron chi connectivity index (χ1n) is 8.64. The summed E-state index contributed by atoms with van der Waals surface area (Å²) in [4.78, 5) is 16.2. The zero-order valence-electron chi connectivity index (χ0n) is 14.2. The summed E-state index contributed by atoms with van der Waals surface area (Å²) in [6.07, 6.45) is 1.04. The smallest absolute Gasteiger partial charge is 0.251 e. The van der Waals surface area contributed by atoms with Crippen LogP contribution < -0.4 is 10.2 Å². The molecule has 2 heterocycles. The second-order valence-electron chi connectivity index (χ2n) is 6.32. The van der Waals surface area contributed by atoms with Crippen LogP contribution in [0.4, 0.5) is 5.69 Å². The zero-order valence-corrected chi connectivity index (χ0v) is 15.8. The number of hydrogen-bond donors (Lipinski definition) is 1. The number of para-hydroxylation sites is 1. The summed E-state index contributed by atoms with van der Waals surface area (Å²) in [6.45, 7) is 1.52. The zero-order chi connectivity index (χ0) is 17.9. The number of benzene rings is 2. The Kier molecular flexibility index (Phi) is 4.96. The van der Waals surface area contributed by atoms with Crippen molar-refractivity contribution < 1.29 is 4.79 Å². The molecule has 4 rings (SSSR count). The number of rotatable bonds is 5. The Hall–Kier alpha value is -2.30. The van der Waals surface area contributed by atoms with Gasteiger partial charge in [0.15, 0.2) is 0 Å². The highest BCUT2D eigenvalue weighted by Gasteiger charge is 2.28. The van der Waals surface area contributed by atoms with E-state index in [1.54, 1.807) is 35.6 Å². The number of nitrogens with one attached hydrogen (secondary N) is 1. The molecule has 0 radical (unpaired) electrons. The fourth-order valence-corrected chi connectivity index (χ4v) is 4.48. The minimum atomic E-state index is -0.0958. The molecule has 26 heavy (non-hydrogen) atoms. The van der Waals surface area contributed by atoms with E-state index in [2.05, 4.69) is 52.0 Å². The molecule has 3 nitrogen and oxygen atoms in total. The summed E-state index contributed by atoms with van der Waals surface area (Å²) in [5, 5.41) is 5.75. The van der Waals surface area contributed by atoms with Gasteiger partial charge in [-0.15, -0.1) is 11.3 Å². The molecule has 3 aromatic rings. The van der Waals surface area contributed by atoms with Gasteiger partial charge in [0, 0.05) is 34.2 Å². The number of amides is 1. The van der Waals surface area contributed by atoms with E-state index in [4.69, 9.17) is 11.6 Å². The standard InChI is InChI=1S/C21H19ClN2OS/c22-17-7-3-6-16(13-17)21(25)23-14-19(20-9-4-12-26-20)24-11-10-15-5-1-2-8-18(15)24/h1-9,12-13,19H,10-11,14H2,(H,23,25). The largest absolute Gasteiger partial charge is 0.361 e. The monoisotopic (exact) mass is 382 g/mol. The van der Waals surface area contributed by atoms with E-state index in [0.717, 1.165) is 13.0 Å². The first-order valence-corrected chi connectivity index (χ1v) is 9.90. The van der Waals surface area contributed by atoms with Gasteiger partial charge in [0.05, 0.1) is 6.04 Å². The molecule has 1 atom stereocenters. The average molecular weight is 383 g/mol. The van der Waals surface area contributed by atoms with E-state index >= 15 is 0 Å². The molecule has 0 saturated carbocycles. The molecule has 1 unspecified atom stereocenters. The van der Waals surface area contributed by atoms with Gasteiger partial charge < -0.3 is 10.2 Å². The van der Waals surface area contributed by atoms with Gasteiger partial charge in [0.1, 0.15) is 0 Å². The quantitative estimate of drug-likeness (QED) is 0.678. The van der Waals surface area contributed by atoms with Crippen molar-refractivity contribution >= 4 is 34.5 Å². The number of halogens is 1. The molecule has 5 heteroatoms. The Morgan fingerprint density at radius 3 is 2.85 bits per heavy atom. The number of carbonyl (C=O) groups excluding carboxylic acids is 1. The number of hydrogen-bond acceptors (Lipinski definition) is 3. The lowest BCUT2D eigenvalue weighted by Crippen LogP contribution is -2.37. The highest BCUT2D eigenvalue weighted by Crippen LogP contribution is 2.36. The van der Waals surface area contributed by atoms with Crippen LogP contribution in [0.3, 0.4) is 0 Å². The van der Waals surface area contributed by atoms with Crippen molar-refractivity contribution in [3.05, 3.63) is 87.1 Å². The van der Waals surface area contributed by atoms with E-state index in [-0.39, 0.29) is 11.9 Å². The van der Waals surface area contributed by atoms with Crippen molar-refractivity contribution in [3.63, 3.8) is 0 Å². The summed E-state index contributed by atoms with van der Waals surface area (Å²) in [5.41, 5.74) is 3.22. The molecule has 2 aromatic carbocycles. The molecule has 1 aliphatic rings. The normalized spacial score (nSPS) is 14.1. The first-order chi connectivity index (χ1) is 12.7. The molecule has 0 bridgehead atoms. The van der Waals surface area contributed by atoms with E-state index in [9.17, 15) is 4.79 Å². The molecule has 132 valence electrons. The Morgan fingerprint density at radius 2 is 2.04 bits per heavy atom. The Bertz CT molecular complexity index is 910. The molecule has 0 spiro atoms. The average Bonchev–Trinajstić information content (AvgIpc) is 3.32. The maximum Gasteiger partial charge on any atom is 0.251 e. The van der Waals surface area contributed by atoms with Gasteiger partial charge in [-0.2, -0.15) is 0 Å². The fourth-order valence-electron chi connectivity index (χ4n) is 3.45. The van der Waals surface area contributed by atoms with Crippen molar-refractivity contribution in [1.29, 1.82) is 0 Å². The van der Waals surface area contributed by atoms with Gasteiger partial charge in [-0.1, -0.05) is 41.9 Å². The van der Waals surface area contributed by atoms with Crippen molar-refractivity contribution in [3.8, 4) is 0 Å². The van der Waals surface area contributed by atoms with Crippen LogP contribution in [0.2, 0.25) is 5.02 Å². The summed E-state index contributed by atoms with van der Waals surface area (Å²) in [5.74, 6) is -0.0958. The van der Waals surface area contributed by atoms with Crippen molar-refractivity contribution in [2.45, 2.75) is 12.5 Å². The van der Waals surface area contributed by atoms with Crippen LogP contribution >= 0.6 is 22.9 Å². The minimum Gasteiger partial charge on any atom is -0.361 e. The maximum atomic E-state index is 12.5. The van der Waals surface area contributed by atoms with Gasteiger partial charge in [0.25, 0.3) is 5.91 Å². The molecule has 1 amide bonds. The summed E-state index contributed by atoms with van der Waals surface area (Å²) < 4.78 is 0. The van der Waals surface area contributed by atoms with E-state index < -0.39 is 0 Å². The molecule has 0 saturated heterocycles. The molecule has 0 aliphatic carbocycles. The lowest BCUT2D eigenvalue weighted by molar-refractivity contribution is 0.0951. The highest BCUT2D eigenvalue weighted by atomic mass is 35.5. The van der Waals surface area contributed by atoms with Gasteiger partial charge in [-0.3, -0.25) is 4.79 Å². The second-order valence-corrected chi connectivity index (χ2v) is 7.74. The van der Waals surface area contributed by atoms with Crippen LogP contribution in [-0.4, -0.2) is 19.0 Å². The van der Waals surface area contributed by atoms with Crippen LogP contribution in [0.1, 0.15) is 26.8 Å². The lowest BCUT2D eigenvalue weighted by atomic mass is 10.1. The number of thiophene rings is 1. The first kappa shape index (κ1) is 17.1. The topological polar surface area (TPSA) is 32.3 Å². The number of nitrogens with zero attached hydrogens (tertiary/aromatic N) is 1. The number of carbonyl (C=O) groups is 1. The lowest BCUT2D eigenvalue weighted by Gasteiger charge is -2.30. The van der Waals surface area contributed by atoms with Crippen LogP contribution in [0.25, 0.3) is 0 Å². The summed E-state index contributed by atoms with van der Waals surface area (Å²) in [7, 11) is 0. The SMILES string of the molecule is O=C(NCC(c1cccs1)N1CCc2ccccc21)c1cccc(Cl)c1. The third-order valence-corrected chi connectivity index (χ3v) is 5.92. The van der Waals surface area contributed by atoms with Crippen molar-refractivity contribution in [2.75, 3.05) is 18.0 Å². The van der Waals surface area contributed by atoms with Crippen molar-refractivity contribution in [1.82, 2.24) is 5.32 Å². The molecule has 1 N–H and O–H groups in total. The van der Waals surface area contributed by atoms with Crippen LogP contribution in [-0.2, 0) is 6.42 Å². The second kappa shape index (κ2) is 7.52. The fraction of sp³-hybridized carbons (Fsp3) is 0.190. The van der Waals surface area contributed by atoms with Gasteiger partial charge in [-0.25, -0.2) is 0 Å². The molecule has 0 fully saturated rings. The number of fused-ring (bicyclic) bond motifs is 1. The van der Waals surface area contributed by atoms with Crippen LogP contribution in [0.5, 0.6) is 0 Å². The van der Waals surface area contributed by atoms with E-state index in [1.807, 2.05) is 0 Å². The Labute approximate surface area is 162 Å².